The van der Waals surface area contributed by atoms with Crippen molar-refractivity contribution in [1.29, 1.82) is 0 Å². The van der Waals surface area contributed by atoms with Crippen LogP contribution in [-0.2, 0) is 10.1 Å². The average molecular weight is 537 g/mol. The minimum atomic E-state index is -3.98. The summed E-state index contributed by atoms with van der Waals surface area (Å²) in [4.78, 5) is 4.52. The fourth-order valence-corrected chi connectivity index (χ4v) is 4.43. The highest BCUT2D eigenvalue weighted by atomic mass is 127. The van der Waals surface area contributed by atoms with Gasteiger partial charge in [0.2, 0.25) is 0 Å². The van der Waals surface area contributed by atoms with E-state index in [0.29, 0.717) is 15.9 Å². The molecule has 0 bridgehead atoms. The van der Waals surface area contributed by atoms with Crippen molar-refractivity contribution in [2.45, 2.75) is 11.8 Å². The molecule has 0 aliphatic heterocycles. The second-order valence-corrected chi connectivity index (χ2v) is 8.78. The van der Waals surface area contributed by atoms with Gasteiger partial charge in [-0.3, -0.25) is 4.99 Å². The molecule has 0 spiro atoms. The summed E-state index contributed by atoms with van der Waals surface area (Å²) < 4.78 is 42.1. The van der Waals surface area contributed by atoms with E-state index < -0.39 is 10.1 Å². The first-order valence-corrected chi connectivity index (χ1v) is 11.6. The number of rotatable bonds is 8. The van der Waals surface area contributed by atoms with E-state index in [2.05, 4.69) is 4.99 Å². The van der Waals surface area contributed by atoms with Crippen LogP contribution < -0.4 is 13.7 Å². The fourth-order valence-electron chi connectivity index (χ4n) is 2.57. The Morgan fingerprint density at radius 1 is 1.03 bits per heavy atom. The third-order valence-electron chi connectivity index (χ3n) is 3.99. The molecule has 0 radical (unpaired) electrons. The van der Waals surface area contributed by atoms with Gasteiger partial charge in [-0.05, 0) is 83.6 Å². The van der Waals surface area contributed by atoms with Crippen LogP contribution in [0, 0.1) is 3.57 Å². The monoisotopic (exact) mass is 537 g/mol. The first kappa shape index (κ1) is 22.1. The van der Waals surface area contributed by atoms with Gasteiger partial charge in [-0.25, -0.2) is 0 Å². The largest absolute Gasteiger partial charge is 0.497 e. The van der Waals surface area contributed by atoms with Crippen LogP contribution in [0.4, 0.5) is 5.69 Å². The average Bonchev–Trinajstić information content (AvgIpc) is 2.76. The van der Waals surface area contributed by atoms with Crippen LogP contribution in [0.2, 0.25) is 0 Å². The quantitative estimate of drug-likeness (QED) is 0.224. The Morgan fingerprint density at radius 3 is 2.37 bits per heavy atom. The predicted octanol–water partition coefficient (Wildman–Crippen LogP) is 5.22. The van der Waals surface area contributed by atoms with Gasteiger partial charge in [-0.1, -0.05) is 18.2 Å². The van der Waals surface area contributed by atoms with Gasteiger partial charge in [0.05, 0.1) is 23.0 Å². The van der Waals surface area contributed by atoms with E-state index in [0.717, 1.165) is 17.0 Å². The standard InChI is InChI=1S/C22H20INO5S/c1-3-28-21-14-16(15-24-17-9-11-18(27-2)12-10-17)13-20(23)22(21)29-30(25,26)19-7-5-4-6-8-19/h4-15H,3H2,1-2H3. The Labute approximate surface area is 189 Å². The Balaban J connectivity index is 1.91. The molecule has 0 saturated heterocycles. The second-order valence-electron chi connectivity index (χ2n) is 6.07. The van der Waals surface area contributed by atoms with E-state index >= 15 is 0 Å². The van der Waals surface area contributed by atoms with E-state index in [4.69, 9.17) is 13.7 Å². The molecule has 3 aromatic rings. The Bertz CT molecular complexity index is 1130. The van der Waals surface area contributed by atoms with E-state index in [9.17, 15) is 8.42 Å². The highest BCUT2D eigenvalue weighted by molar-refractivity contribution is 14.1. The van der Waals surface area contributed by atoms with Crippen molar-refractivity contribution in [3.05, 3.63) is 75.9 Å². The van der Waals surface area contributed by atoms with Gasteiger partial charge in [0, 0.05) is 6.21 Å². The summed E-state index contributed by atoms with van der Waals surface area (Å²) in [7, 11) is -2.37. The molecule has 3 aromatic carbocycles. The smallest absolute Gasteiger partial charge is 0.339 e. The van der Waals surface area contributed by atoms with Gasteiger partial charge < -0.3 is 13.7 Å². The summed E-state index contributed by atoms with van der Waals surface area (Å²) >= 11 is 2.03. The van der Waals surface area contributed by atoms with Gasteiger partial charge in [0.15, 0.2) is 11.5 Å². The molecule has 3 rings (SSSR count). The van der Waals surface area contributed by atoms with Crippen LogP contribution in [-0.4, -0.2) is 28.3 Å². The zero-order valence-electron chi connectivity index (χ0n) is 16.4. The number of benzene rings is 3. The van der Waals surface area contributed by atoms with Gasteiger partial charge in [-0.15, -0.1) is 0 Å². The maximum absolute atomic E-state index is 12.6. The molecule has 30 heavy (non-hydrogen) atoms. The lowest BCUT2D eigenvalue weighted by Crippen LogP contribution is -2.12. The minimum Gasteiger partial charge on any atom is -0.497 e. The van der Waals surface area contributed by atoms with Crippen molar-refractivity contribution in [3.63, 3.8) is 0 Å². The summed E-state index contributed by atoms with van der Waals surface area (Å²) in [6.45, 7) is 2.18. The van der Waals surface area contributed by atoms with Gasteiger partial charge >= 0.3 is 10.1 Å². The van der Waals surface area contributed by atoms with E-state index in [-0.39, 0.29) is 10.6 Å². The minimum absolute atomic E-state index is 0.0772. The van der Waals surface area contributed by atoms with Crippen LogP contribution in [0.15, 0.2) is 76.6 Å². The van der Waals surface area contributed by atoms with Crippen LogP contribution >= 0.6 is 22.6 Å². The molecular weight excluding hydrogens is 517 g/mol. The molecule has 0 heterocycles. The lowest BCUT2D eigenvalue weighted by atomic mass is 10.2. The number of ether oxygens (including phenoxy) is 2. The molecular formula is C22H20INO5S. The molecule has 0 aromatic heterocycles. The van der Waals surface area contributed by atoms with Gasteiger partial charge in [0.1, 0.15) is 10.6 Å². The summed E-state index contributed by atoms with van der Waals surface area (Å²) in [5.41, 5.74) is 1.51. The number of halogens is 1. The van der Waals surface area contributed by atoms with E-state index in [1.807, 2.05) is 53.8 Å². The maximum Gasteiger partial charge on any atom is 0.339 e. The molecule has 8 heteroatoms. The van der Waals surface area contributed by atoms with Crippen molar-refractivity contribution in [1.82, 2.24) is 0 Å². The Kier molecular flexibility index (Phi) is 7.33. The van der Waals surface area contributed by atoms with Crippen molar-refractivity contribution in [2.24, 2.45) is 4.99 Å². The zero-order chi connectivity index (χ0) is 21.6. The number of methoxy groups -OCH3 is 1. The molecule has 0 N–H and O–H groups in total. The molecule has 156 valence electrons. The van der Waals surface area contributed by atoms with Crippen LogP contribution in [0.5, 0.6) is 17.2 Å². The summed E-state index contributed by atoms with van der Waals surface area (Å²) in [5.74, 6) is 1.24. The van der Waals surface area contributed by atoms with Gasteiger partial charge in [0.25, 0.3) is 0 Å². The van der Waals surface area contributed by atoms with Gasteiger partial charge in [-0.2, -0.15) is 8.42 Å². The number of nitrogens with zero attached hydrogens (tertiary/aromatic N) is 1. The number of hydrogen-bond acceptors (Lipinski definition) is 6. The van der Waals surface area contributed by atoms with Crippen LogP contribution in [0.25, 0.3) is 0 Å². The Hall–Kier alpha value is -2.59. The topological polar surface area (TPSA) is 74.2 Å². The van der Waals surface area contributed by atoms with Crippen LogP contribution in [0.3, 0.4) is 0 Å². The number of hydrogen-bond donors (Lipinski definition) is 0. The first-order chi connectivity index (χ1) is 14.4. The molecule has 0 aliphatic rings. The van der Waals surface area contributed by atoms with E-state index in [1.165, 1.54) is 12.1 Å². The SMILES string of the molecule is CCOc1cc(C=Nc2ccc(OC)cc2)cc(I)c1OS(=O)(=O)c1ccccc1. The summed E-state index contributed by atoms with van der Waals surface area (Å²) in [5, 5.41) is 0. The fraction of sp³-hybridized carbons (Fsp3) is 0.136. The molecule has 0 saturated carbocycles. The number of aliphatic imine (C=N–C) groups is 1. The van der Waals surface area contributed by atoms with Crippen molar-refractivity contribution in [2.75, 3.05) is 13.7 Å². The lowest BCUT2D eigenvalue weighted by Gasteiger charge is -2.14. The summed E-state index contributed by atoms with van der Waals surface area (Å²) in [6.07, 6.45) is 1.68. The molecule has 0 amide bonds. The van der Waals surface area contributed by atoms with E-state index in [1.54, 1.807) is 43.7 Å². The molecule has 0 unspecified atom stereocenters. The highest BCUT2D eigenvalue weighted by Gasteiger charge is 2.21. The first-order valence-electron chi connectivity index (χ1n) is 9.07. The summed E-state index contributed by atoms with van der Waals surface area (Å²) in [6, 6.07) is 18.8. The normalized spacial score (nSPS) is 11.4. The predicted molar refractivity (Wildman–Crippen MR) is 125 cm³/mol. The second kappa shape index (κ2) is 9.94. The maximum atomic E-state index is 12.6. The molecule has 0 fully saturated rings. The van der Waals surface area contributed by atoms with Crippen molar-refractivity contribution >= 4 is 44.6 Å². The zero-order valence-corrected chi connectivity index (χ0v) is 19.4. The molecule has 0 aliphatic carbocycles. The molecule has 6 nitrogen and oxygen atoms in total. The third-order valence-corrected chi connectivity index (χ3v) is 6.03. The highest BCUT2D eigenvalue weighted by Crippen LogP contribution is 2.36. The lowest BCUT2D eigenvalue weighted by molar-refractivity contribution is 0.327. The molecule has 0 atom stereocenters. The van der Waals surface area contributed by atoms with Crippen LogP contribution in [0.1, 0.15) is 12.5 Å². The Morgan fingerprint density at radius 2 is 1.73 bits per heavy atom. The van der Waals surface area contributed by atoms with Crippen molar-refractivity contribution < 1.29 is 22.1 Å². The van der Waals surface area contributed by atoms with Crippen molar-refractivity contribution in [3.8, 4) is 17.2 Å². The third kappa shape index (κ3) is 5.51.